The number of aromatic nitrogens is 5. The molecule has 3 aromatic heterocycles. The maximum atomic E-state index is 13.7. The van der Waals surface area contributed by atoms with Gasteiger partial charge < -0.3 is 10.1 Å². The third-order valence-corrected chi connectivity index (χ3v) is 6.18. The summed E-state index contributed by atoms with van der Waals surface area (Å²) in [4.78, 5) is 43.4. The van der Waals surface area contributed by atoms with E-state index in [-0.39, 0.29) is 18.6 Å². The zero-order valence-electron chi connectivity index (χ0n) is 21.2. The quantitative estimate of drug-likeness (QED) is 0.266. The summed E-state index contributed by atoms with van der Waals surface area (Å²) in [6, 6.07) is 7.17. The molecule has 3 heterocycles. The lowest BCUT2D eigenvalue weighted by molar-refractivity contribution is 0.0526. The van der Waals surface area contributed by atoms with E-state index in [1.165, 1.54) is 16.3 Å². The fourth-order valence-electron chi connectivity index (χ4n) is 3.72. The van der Waals surface area contributed by atoms with E-state index >= 15 is 0 Å². The minimum absolute atomic E-state index is 0.171. The Hall–Kier alpha value is -3.50. The zero-order chi connectivity index (χ0) is 26.7. The van der Waals surface area contributed by atoms with Crippen LogP contribution >= 0.6 is 23.4 Å². The summed E-state index contributed by atoms with van der Waals surface area (Å²) in [5, 5.41) is 4.31. The number of rotatable bonds is 6. The van der Waals surface area contributed by atoms with Crippen molar-refractivity contribution in [2.75, 3.05) is 12.8 Å². The van der Waals surface area contributed by atoms with Crippen LogP contribution in [-0.2, 0) is 11.3 Å². The van der Waals surface area contributed by atoms with Crippen LogP contribution in [0, 0.1) is 6.92 Å². The number of benzene rings is 1. The fourth-order valence-corrected chi connectivity index (χ4v) is 4.34. The number of nitrogens with zero attached hydrogens (tertiary/aromatic N) is 5. The first-order valence-electron chi connectivity index (χ1n) is 11.6. The van der Waals surface area contributed by atoms with E-state index in [0.717, 1.165) is 11.3 Å². The van der Waals surface area contributed by atoms with Crippen molar-refractivity contribution >= 4 is 40.5 Å². The number of fused-ring (bicyclic) bond motifs is 1. The molecule has 0 atom stereocenters. The average Bonchev–Trinajstić information content (AvgIpc) is 2.84. The molecule has 0 radical (unpaired) electrons. The van der Waals surface area contributed by atoms with Crippen molar-refractivity contribution < 1.29 is 9.53 Å². The van der Waals surface area contributed by atoms with Gasteiger partial charge >= 0.3 is 6.09 Å². The molecule has 0 aliphatic rings. The summed E-state index contributed by atoms with van der Waals surface area (Å²) >= 11 is 8.06. The number of carbonyl (C=O) groups excluding carboxylic acids is 1. The van der Waals surface area contributed by atoms with Crippen LogP contribution in [0.25, 0.3) is 33.4 Å². The second-order valence-electron chi connectivity index (χ2n) is 9.32. The summed E-state index contributed by atoms with van der Waals surface area (Å²) in [5.74, 6) is 0. The molecule has 0 saturated carbocycles. The van der Waals surface area contributed by atoms with Crippen molar-refractivity contribution in [3.05, 3.63) is 63.9 Å². The fraction of sp³-hybridized carbons (Fsp3) is 0.308. The smallest absolute Gasteiger partial charge is 0.407 e. The number of hydrogen-bond donors (Lipinski definition) is 1. The number of aryl methyl sites for hydroxylation is 1. The Kier molecular flexibility index (Phi) is 7.79. The van der Waals surface area contributed by atoms with Gasteiger partial charge in [0.1, 0.15) is 11.2 Å². The van der Waals surface area contributed by atoms with Gasteiger partial charge in [-0.3, -0.25) is 14.3 Å². The van der Waals surface area contributed by atoms with E-state index in [0.29, 0.717) is 38.0 Å². The predicted octanol–water partition coefficient (Wildman–Crippen LogP) is 5.12. The highest BCUT2D eigenvalue weighted by molar-refractivity contribution is 7.98. The number of ether oxygens (including phenoxy) is 1. The van der Waals surface area contributed by atoms with Crippen molar-refractivity contribution in [2.45, 2.75) is 45.0 Å². The highest BCUT2D eigenvalue weighted by Crippen LogP contribution is 2.31. The first-order chi connectivity index (χ1) is 17.6. The van der Waals surface area contributed by atoms with E-state index in [1.54, 1.807) is 57.6 Å². The molecule has 0 bridgehead atoms. The van der Waals surface area contributed by atoms with Crippen molar-refractivity contribution in [2.24, 2.45) is 0 Å². The van der Waals surface area contributed by atoms with Crippen molar-refractivity contribution in [3.63, 3.8) is 0 Å². The Morgan fingerprint density at radius 3 is 2.59 bits per heavy atom. The van der Waals surface area contributed by atoms with Gasteiger partial charge in [-0.25, -0.2) is 19.7 Å². The zero-order valence-corrected chi connectivity index (χ0v) is 22.8. The van der Waals surface area contributed by atoms with Crippen LogP contribution in [0.2, 0.25) is 5.02 Å². The number of carbonyl (C=O) groups is 1. The SMILES string of the molecule is CSc1ncc2cc(-c3ccc(-c4cncc(C)n4)cc3Cl)c(=O)n(CCNC(=O)OC(C)(C)C)c2n1. The van der Waals surface area contributed by atoms with E-state index in [1.807, 2.05) is 19.2 Å². The third-order valence-electron chi connectivity index (χ3n) is 5.30. The van der Waals surface area contributed by atoms with Gasteiger partial charge in [0.15, 0.2) is 5.16 Å². The maximum absolute atomic E-state index is 13.7. The monoisotopic (exact) mass is 538 g/mol. The van der Waals surface area contributed by atoms with E-state index in [2.05, 4.69) is 25.3 Å². The summed E-state index contributed by atoms with van der Waals surface area (Å²) < 4.78 is 6.83. The van der Waals surface area contributed by atoms with Crippen LogP contribution in [-0.4, -0.2) is 49.0 Å². The molecular weight excluding hydrogens is 512 g/mol. The van der Waals surface area contributed by atoms with Crippen molar-refractivity contribution in [1.82, 2.24) is 29.8 Å². The molecule has 11 heteroatoms. The summed E-state index contributed by atoms with van der Waals surface area (Å²) in [7, 11) is 0. The molecule has 9 nitrogen and oxygen atoms in total. The molecule has 37 heavy (non-hydrogen) atoms. The molecule has 0 spiro atoms. The van der Waals surface area contributed by atoms with Gasteiger partial charge in [0.25, 0.3) is 5.56 Å². The number of alkyl carbamates (subject to hydrolysis) is 1. The van der Waals surface area contributed by atoms with Gasteiger partial charge in [-0.2, -0.15) is 0 Å². The minimum atomic E-state index is -0.624. The first-order valence-corrected chi connectivity index (χ1v) is 13.2. The number of pyridine rings is 1. The molecule has 0 unspecified atom stereocenters. The summed E-state index contributed by atoms with van der Waals surface area (Å²) in [5.41, 5.74) is 2.81. The van der Waals surface area contributed by atoms with Crippen LogP contribution in [0.15, 0.2) is 52.8 Å². The lowest BCUT2D eigenvalue weighted by Crippen LogP contribution is -2.36. The Bertz CT molecular complexity index is 1530. The first kappa shape index (κ1) is 26.6. The second-order valence-corrected chi connectivity index (χ2v) is 10.5. The largest absolute Gasteiger partial charge is 0.444 e. The summed E-state index contributed by atoms with van der Waals surface area (Å²) in [6.07, 6.45) is 6.33. The Morgan fingerprint density at radius 2 is 1.92 bits per heavy atom. The molecule has 0 aliphatic carbocycles. The number of hydrogen-bond acceptors (Lipinski definition) is 8. The van der Waals surface area contributed by atoms with Crippen LogP contribution in [0.3, 0.4) is 0 Å². The average molecular weight is 539 g/mol. The van der Waals surface area contributed by atoms with Crippen molar-refractivity contribution in [1.29, 1.82) is 0 Å². The normalized spacial score (nSPS) is 11.5. The molecule has 0 fully saturated rings. The van der Waals surface area contributed by atoms with Crippen LogP contribution in [0.1, 0.15) is 26.5 Å². The molecule has 0 saturated heterocycles. The molecule has 1 aromatic carbocycles. The Morgan fingerprint density at radius 1 is 1.14 bits per heavy atom. The van der Waals surface area contributed by atoms with Gasteiger partial charge in [0, 0.05) is 52.6 Å². The standard InChI is InChI=1S/C26H27ClN6O3S/c1-15-12-28-14-21(31-15)16-6-7-18(20(27)11-16)19-10-17-13-30-24(37-5)32-22(17)33(23(19)34)9-8-29-25(35)36-26(2,3)4/h6-7,10-14H,8-9H2,1-5H3,(H,29,35). The van der Waals surface area contributed by atoms with Crippen LogP contribution < -0.4 is 10.9 Å². The molecule has 4 rings (SSSR count). The predicted molar refractivity (Wildman–Crippen MR) is 146 cm³/mol. The summed E-state index contributed by atoms with van der Waals surface area (Å²) in [6.45, 7) is 7.58. The highest BCUT2D eigenvalue weighted by atomic mass is 35.5. The lowest BCUT2D eigenvalue weighted by atomic mass is 10.0. The third kappa shape index (κ3) is 6.26. The van der Waals surface area contributed by atoms with Gasteiger partial charge in [0.2, 0.25) is 0 Å². The van der Waals surface area contributed by atoms with E-state index in [4.69, 9.17) is 16.3 Å². The highest BCUT2D eigenvalue weighted by Gasteiger charge is 2.18. The van der Waals surface area contributed by atoms with Gasteiger partial charge in [-0.1, -0.05) is 35.5 Å². The lowest BCUT2D eigenvalue weighted by Gasteiger charge is -2.20. The van der Waals surface area contributed by atoms with Crippen molar-refractivity contribution in [3.8, 4) is 22.4 Å². The van der Waals surface area contributed by atoms with E-state index in [9.17, 15) is 9.59 Å². The second kappa shape index (κ2) is 10.9. The number of amides is 1. The van der Waals surface area contributed by atoms with Crippen LogP contribution in [0.5, 0.6) is 0 Å². The van der Waals surface area contributed by atoms with Gasteiger partial charge in [-0.05, 0) is 46.1 Å². The minimum Gasteiger partial charge on any atom is -0.444 e. The molecule has 192 valence electrons. The maximum Gasteiger partial charge on any atom is 0.407 e. The topological polar surface area (TPSA) is 112 Å². The molecule has 1 N–H and O–H groups in total. The number of thioether (sulfide) groups is 1. The van der Waals surface area contributed by atoms with E-state index < -0.39 is 11.7 Å². The molecular formula is C26H27ClN6O3S. The number of nitrogens with one attached hydrogen (secondary N) is 1. The van der Waals surface area contributed by atoms with Gasteiger partial charge in [0.05, 0.1) is 17.6 Å². The molecule has 0 aliphatic heterocycles. The Labute approximate surface area is 223 Å². The molecule has 1 amide bonds. The molecule has 4 aromatic rings. The number of halogens is 1. The van der Waals surface area contributed by atoms with Crippen LogP contribution in [0.4, 0.5) is 4.79 Å². The van der Waals surface area contributed by atoms with Gasteiger partial charge in [-0.15, -0.1) is 0 Å². The Balaban J connectivity index is 1.74.